The SMILES string of the molecule is CCC(=O)N[C@H]1C(C)(C)[C@@H]2C[C@@H]3[C@@H](c4ccc(OCC(N)=O)c(OC)c4)OCC[C@@]31C2. The fourth-order valence-electron chi connectivity index (χ4n) is 6.51. The lowest BCUT2D eigenvalue weighted by atomic mass is 9.59. The molecule has 2 saturated carbocycles. The van der Waals surface area contributed by atoms with Crippen molar-refractivity contribution in [3.05, 3.63) is 23.8 Å². The summed E-state index contributed by atoms with van der Waals surface area (Å²) in [7, 11) is 1.58. The van der Waals surface area contributed by atoms with E-state index in [0.717, 1.165) is 24.8 Å². The van der Waals surface area contributed by atoms with Gasteiger partial charge >= 0.3 is 0 Å². The third kappa shape index (κ3) is 3.56. The van der Waals surface area contributed by atoms with E-state index in [2.05, 4.69) is 19.2 Å². The molecule has 1 aromatic carbocycles. The number of benzene rings is 1. The van der Waals surface area contributed by atoms with Crippen molar-refractivity contribution >= 4 is 11.8 Å². The Morgan fingerprint density at radius 1 is 1.29 bits per heavy atom. The number of methoxy groups -OCH3 is 1. The minimum atomic E-state index is -0.534. The van der Waals surface area contributed by atoms with Crippen LogP contribution in [0.4, 0.5) is 0 Å². The minimum absolute atomic E-state index is 0.0519. The highest BCUT2D eigenvalue weighted by Crippen LogP contribution is 2.70. The van der Waals surface area contributed by atoms with Gasteiger partial charge < -0.3 is 25.3 Å². The third-order valence-electron chi connectivity index (χ3n) is 8.02. The highest BCUT2D eigenvalue weighted by Gasteiger charge is 2.68. The second-order valence-electron chi connectivity index (χ2n) is 9.86. The predicted molar refractivity (Wildman–Crippen MR) is 116 cm³/mol. The van der Waals surface area contributed by atoms with Gasteiger partial charge in [-0.25, -0.2) is 0 Å². The predicted octanol–water partition coefficient (Wildman–Crippen LogP) is 2.97. The number of ether oxygens (including phenoxy) is 3. The molecule has 7 heteroatoms. The van der Waals surface area contributed by atoms with Crippen LogP contribution in [0.15, 0.2) is 18.2 Å². The third-order valence-corrected chi connectivity index (χ3v) is 8.02. The van der Waals surface area contributed by atoms with Crippen LogP contribution in [0, 0.1) is 22.7 Å². The van der Waals surface area contributed by atoms with Gasteiger partial charge in [0.05, 0.1) is 13.2 Å². The number of fused-ring (bicyclic) bond motifs is 1. The van der Waals surface area contributed by atoms with Crippen molar-refractivity contribution in [1.82, 2.24) is 5.32 Å². The second-order valence-corrected chi connectivity index (χ2v) is 9.86. The van der Waals surface area contributed by atoms with E-state index in [4.69, 9.17) is 19.9 Å². The van der Waals surface area contributed by atoms with Gasteiger partial charge in [-0.05, 0) is 59.6 Å². The molecular formula is C24H34N2O5. The van der Waals surface area contributed by atoms with E-state index >= 15 is 0 Å². The Morgan fingerprint density at radius 3 is 2.74 bits per heavy atom. The summed E-state index contributed by atoms with van der Waals surface area (Å²) in [6.45, 7) is 7.00. The Kier molecular flexibility index (Phi) is 5.66. The lowest BCUT2D eigenvalue weighted by Crippen LogP contribution is -2.58. The van der Waals surface area contributed by atoms with Crippen molar-refractivity contribution in [2.24, 2.45) is 28.4 Å². The molecule has 0 unspecified atom stereocenters. The Balaban J connectivity index is 1.63. The van der Waals surface area contributed by atoms with E-state index in [1.165, 1.54) is 0 Å². The van der Waals surface area contributed by atoms with E-state index in [1.54, 1.807) is 7.11 Å². The Bertz CT molecular complexity index is 870. The van der Waals surface area contributed by atoms with E-state index in [-0.39, 0.29) is 35.5 Å². The zero-order valence-corrected chi connectivity index (χ0v) is 18.9. The Labute approximate surface area is 184 Å². The molecule has 3 fully saturated rings. The lowest BCUT2D eigenvalue weighted by Gasteiger charge is -2.53. The van der Waals surface area contributed by atoms with E-state index in [9.17, 15) is 9.59 Å². The first-order valence-corrected chi connectivity index (χ1v) is 11.2. The molecule has 1 aliphatic heterocycles. The topological polar surface area (TPSA) is 99.9 Å². The van der Waals surface area contributed by atoms with Crippen molar-refractivity contribution in [3.63, 3.8) is 0 Å². The molecule has 7 nitrogen and oxygen atoms in total. The molecule has 31 heavy (non-hydrogen) atoms. The fraction of sp³-hybridized carbons (Fsp3) is 0.667. The molecule has 1 heterocycles. The van der Waals surface area contributed by atoms with Crippen molar-refractivity contribution < 1.29 is 23.8 Å². The molecule has 1 spiro atoms. The number of carbonyl (C=O) groups excluding carboxylic acids is 2. The molecule has 1 saturated heterocycles. The molecule has 4 rings (SSSR count). The minimum Gasteiger partial charge on any atom is -0.493 e. The first-order chi connectivity index (χ1) is 14.7. The number of nitrogens with two attached hydrogens (primary N) is 1. The van der Waals surface area contributed by atoms with Gasteiger partial charge in [0.1, 0.15) is 0 Å². The maximum Gasteiger partial charge on any atom is 0.255 e. The molecule has 1 aromatic rings. The van der Waals surface area contributed by atoms with Crippen LogP contribution in [0.25, 0.3) is 0 Å². The van der Waals surface area contributed by atoms with Crippen LogP contribution >= 0.6 is 0 Å². The van der Waals surface area contributed by atoms with Crippen molar-refractivity contribution in [1.29, 1.82) is 0 Å². The number of carbonyl (C=O) groups is 2. The van der Waals surface area contributed by atoms with Gasteiger partial charge in [0.25, 0.3) is 5.91 Å². The molecule has 2 bridgehead atoms. The lowest BCUT2D eigenvalue weighted by molar-refractivity contribution is -0.137. The average molecular weight is 431 g/mol. The van der Waals surface area contributed by atoms with Gasteiger partial charge in [-0.2, -0.15) is 0 Å². The largest absolute Gasteiger partial charge is 0.493 e. The molecule has 3 aliphatic rings. The number of rotatable bonds is 7. The molecular weight excluding hydrogens is 396 g/mol. The number of hydrogen-bond acceptors (Lipinski definition) is 5. The Morgan fingerprint density at radius 2 is 2.06 bits per heavy atom. The average Bonchev–Trinajstić information content (AvgIpc) is 3.24. The highest BCUT2D eigenvalue weighted by molar-refractivity contribution is 5.76. The van der Waals surface area contributed by atoms with Gasteiger partial charge in [-0.1, -0.05) is 26.8 Å². The maximum atomic E-state index is 12.4. The van der Waals surface area contributed by atoms with Crippen LogP contribution in [0.1, 0.15) is 58.1 Å². The van der Waals surface area contributed by atoms with Crippen LogP contribution in [0.2, 0.25) is 0 Å². The van der Waals surface area contributed by atoms with Crippen LogP contribution in [0.5, 0.6) is 11.5 Å². The summed E-state index contributed by atoms with van der Waals surface area (Å²) in [6, 6.07) is 5.90. The maximum absolute atomic E-state index is 12.4. The van der Waals surface area contributed by atoms with Crippen LogP contribution in [0.3, 0.4) is 0 Å². The standard InChI is InChI=1S/C24H34N2O5/c1-5-20(28)26-22-23(2,3)15-11-16-21(30-9-8-24(16,22)12-15)14-6-7-17(18(10-14)29-4)31-13-19(25)27/h6-7,10,15-16,21-22H,5,8-9,11-13H2,1-4H3,(H2,25,27)(H,26,28)/t15-,16-,21-,22+,24-/m1/s1. The molecule has 3 N–H and O–H groups in total. The number of amides is 2. The van der Waals surface area contributed by atoms with Gasteiger partial charge in [0, 0.05) is 19.1 Å². The summed E-state index contributed by atoms with van der Waals surface area (Å²) >= 11 is 0. The molecule has 0 radical (unpaired) electrons. The van der Waals surface area contributed by atoms with Gasteiger partial charge in [0.2, 0.25) is 5.91 Å². The van der Waals surface area contributed by atoms with Gasteiger partial charge in [0.15, 0.2) is 18.1 Å². The summed E-state index contributed by atoms with van der Waals surface area (Å²) in [6.07, 6.45) is 3.64. The first-order valence-electron chi connectivity index (χ1n) is 11.2. The van der Waals surface area contributed by atoms with Crippen LogP contribution in [-0.2, 0) is 14.3 Å². The van der Waals surface area contributed by atoms with Crippen molar-refractivity contribution in [3.8, 4) is 11.5 Å². The zero-order valence-electron chi connectivity index (χ0n) is 18.9. The van der Waals surface area contributed by atoms with Gasteiger partial charge in [-0.3, -0.25) is 9.59 Å². The molecule has 5 atom stereocenters. The summed E-state index contributed by atoms with van der Waals surface area (Å²) in [4.78, 5) is 23.5. The summed E-state index contributed by atoms with van der Waals surface area (Å²) < 4.78 is 17.3. The smallest absolute Gasteiger partial charge is 0.255 e. The van der Waals surface area contributed by atoms with E-state index in [0.29, 0.717) is 36.4 Å². The normalized spacial score (nSPS) is 32.9. The highest BCUT2D eigenvalue weighted by atomic mass is 16.5. The molecule has 2 amide bonds. The van der Waals surface area contributed by atoms with Crippen LogP contribution in [-0.4, -0.2) is 38.2 Å². The van der Waals surface area contributed by atoms with Crippen LogP contribution < -0.4 is 20.5 Å². The monoisotopic (exact) mass is 430 g/mol. The van der Waals surface area contributed by atoms with E-state index < -0.39 is 5.91 Å². The van der Waals surface area contributed by atoms with E-state index in [1.807, 2.05) is 25.1 Å². The summed E-state index contributed by atoms with van der Waals surface area (Å²) in [5.74, 6) is 1.53. The van der Waals surface area contributed by atoms with Gasteiger partial charge in [-0.15, -0.1) is 0 Å². The first kappa shape index (κ1) is 21.9. The van der Waals surface area contributed by atoms with Crippen molar-refractivity contribution in [2.75, 3.05) is 20.3 Å². The zero-order chi connectivity index (χ0) is 22.4. The molecule has 2 aliphatic carbocycles. The number of primary amides is 1. The summed E-state index contributed by atoms with van der Waals surface area (Å²) in [5.41, 5.74) is 6.36. The summed E-state index contributed by atoms with van der Waals surface area (Å²) in [5, 5.41) is 3.39. The number of hydrogen-bond donors (Lipinski definition) is 2. The fourth-order valence-corrected chi connectivity index (χ4v) is 6.51. The molecule has 0 aromatic heterocycles. The molecule has 170 valence electrons. The van der Waals surface area contributed by atoms with Crippen molar-refractivity contribution in [2.45, 2.75) is 58.6 Å². The quantitative estimate of drug-likeness (QED) is 0.693. The number of nitrogens with one attached hydrogen (secondary N) is 1. The second kappa shape index (κ2) is 8.01. The Hall–Kier alpha value is -2.28.